The zero-order chi connectivity index (χ0) is 17.9. The molecule has 0 unspecified atom stereocenters. The molecule has 1 aliphatic heterocycles. The van der Waals surface area contributed by atoms with E-state index in [2.05, 4.69) is 19.9 Å². The summed E-state index contributed by atoms with van der Waals surface area (Å²) in [5.41, 5.74) is 1.73. The SMILES string of the molecule is CCOC(=O)C1=C(CO)C=NC1.CCOC(=O)c1cc(CO)[nH]n1. The number of rotatable bonds is 6. The van der Waals surface area contributed by atoms with Crippen LogP contribution in [0.25, 0.3) is 0 Å². The van der Waals surface area contributed by atoms with Gasteiger partial charge in [-0.1, -0.05) is 0 Å². The largest absolute Gasteiger partial charge is 0.463 e. The van der Waals surface area contributed by atoms with Crippen LogP contribution in [-0.4, -0.2) is 64.9 Å². The maximum Gasteiger partial charge on any atom is 0.358 e. The van der Waals surface area contributed by atoms with Crippen molar-refractivity contribution in [3.63, 3.8) is 0 Å². The fraction of sp³-hybridized carbons (Fsp3) is 0.467. The minimum atomic E-state index is -0.478. The third-order valence-corrected chi connectivity index (χ3v) is 2.86. The Morgan fingerprint density at radius 1 is 1.17 bits per heavy atom. The predicted molar refractivity (Wildman–Crippen MR) is 84.6 cm³/mol. The van der Waals surface area contributed by atoms with Crippen molar-refractivity contribution in [1.29, 1.82) is 0 Å². The smallest absolute Gasteiger partial charge is 0.358 e. The van der Waals surface area contributed by atoms with Crippen molar-refractivity contribution >= 4 is 18.2 Å². The summed E-state index contributed by atoms with van der Waals surface area (Å²) in [7, 11) is 0. The molecule has 24 heavy (non-hydrogen) atoms. The van der Waals surface area contributed by atoms with Gasteiger partial charge in [0.15, 0.2) is 5.69 Å². The number of aromatic nitrogens is 2. The molecule has 0 fully saturated rings. The summed E-state index contributed by atoms with van der Waals surface area (Å²) in [5, 5.41) is 23.6. The first-order chi connectivity index (χ1) is 11.6. The van der Waals surface area contributed by atoms with Gasteiger partial charge in [-0.05, 0) is 19.9 Å². The summed E-state index contributed by atoms with van der Waals surface area (Å²) in [5.74, 6) is -0.854. The second kappa shape index (κ2) is 10.3. The van der Waals surface area contributed by atoms with Gasteiger partial charge in [-0.25, -0.2) is 9.59 Å². The quantitative estimate of drug-likeness (QED) is 0.621. The van der Waals surface area contributed by atoms with Gasteiger partial charge < -0.3 is 19.7 Å². The van der Waals surface area contributed by atoms with Crippen molar-refractivity contribution in [3.05, 3.63) is 28.6 Å². The maximum atomic E-state index is 11.1. The summed E-state index contributed by atoms with van der Waals surface area (Å²) in [6.45, 7) is 4.14. The Morgan fingerprint density at radius 3 is 2.38 bits per heavy atom. The van der Waals surface area contributed by atoms with Gasteiger partial charge in [-0.2, -0.15) is 5.10 Å². The first-order valence-electron chi connectivity index (χ1n) is 7.39. The number of nitrogens with zero attached hydrogens (tertiary/aromatic N) is 2. The van der Waals surface area contributed by atoms with Crippen LogP contribution < -0.4 is 0 Å². The average Bonchev–Trinajstić information content (AvgIpc) is 3.24. The van der Waals surface area contributed by atoms with Crippen LogP contribution in [0.1, 0.15) is 30.0 Å². The number of nitrogens with one attached hydrogen (secondary N) is 1. The number of ether oxygens (including phenoxy) is 2. The Bertz CT molecular complexity index is 620. The molecule has 0 atom stereocenters. The highest BCUT2D eigenvalue weighted by Crippen LogP contribution is 2.11. The lowest BCUT2D eigenvalue weighted by atomic mass is 10.2. The summed E-state index contributed by atoms with van der Waals surface area (Å²) in [4.78, 5) is 26.0. The zero-order valence-electron chi connectivity index (χ0n) is 13.6. The van der Waals surface area contributed by atoms with Gasteiger partial charge in [-0.15, -0.1) is 0 Å². The van der Waals surface area contributed by atoms with Crippen LogP contribution in [0.4, 0.5) is 0 Å². The van der Waals surface area contributed by atoms with Crippen LogP contribution in [0.3, 0.4) is 0 Å². The normalized spacial score (nSPS) is 12.7. The third-order valence-electron chi connectivity index (χ3n) is 2.86. The molecule has 0 bridgehead atoms. The van der Waals surface area contributed by atoms with Crippen LogP contribution in [0.15, 0.2) is 22.2 Å². The van der Waals surface area contributed by atoms with Gasteiger partial charge in [-0.3, -0.25) is 10.1 Å². The van der Waals surface area contributed by atoms with E-state index < -0.39 is 5.97 Å². The van der Waals surface area contributed by atoms with Crippen molar-refractivity contribution in [2.75, 3.05) is 26.4 Å². The van der Waals surface area contributed by atoms with Crippen LogP contribution in [-0.2, 0) is 20.9 Å². The molecular weight excluding hydrogens is 318 g/mol. The number of aromatic amines is 1. The zero-order valence-corrected chi connectivity index (χ0v) is 13.6. The van der Waals surface area contributed by atoms with Gasteiger partial charge in [0.25, 0.3) is 0 Å². The summed E-state index contributed by atoms with van der Waals surface area (Å²) >= 11 is 0. The van der Waals surface area contributed by atoms with Gasteiger partial charge in [0.1, 0.15) is 0 Å². The number of carbonyl (C=O) groups excluding carboxylic acids is 2. The first-order valence-corrected chi connectivity index (χ1v) is 7.39. The van der Waals surface area contributed by atoms with Gasteiger partial charge >= 0.3 is 11.9 Å². The number of aliphatic hydroxyl groups excluding tert-OH is 2. The van der Waals surface area contributed by atoms with E-state index in [1.807, 2.05) is 0 Å². The number of esters is 2. The summed E-state index contributed by atoms with van der Waals surface area (Å²) < 4.78 is 9.45. The van der Waals surface area contributed by atoms with E-state index in [9.17, 15) is 9.59 Å². The molecule has 3 N–H and O–H groups in total. The van der Waals surface area contributed by atoms with Gasteiger partial charge in [0, 0.05) is 11.8 Å². The molecule has 0 aromatic carbocycles. The highest BCUT2D eigenvalue weighted by Gasteiger charge is 2.17. The van der Waals surface area contributed by atoms with Crippen molar-refractivity contribution in [1.82, 2.24) is 10.2 Å². The Balaban J connectivity index is 0.000000240. The molecule has 0 saturated carbocycles. The standard InChI is InChI=1S/C8H11NO3.C7H10N2O3/c1-2-12-8(11)7-4-9-3-6(7)5-10;1-2-12-7(11)6-3-5(4-10)8-9-6/h3,10H,2,4-5H2,1H3;3,10H,2,4H2,1H3,(H,8,9). The number of aliphatic hydroxyl groups is 2. The topological polar surface area (TPSA) is 134 Å². The summed E-state index contributed by atoms with van der Waals surface area (Å²) in [6, 6.07) is 1.46. The first kappa shape index (κ1) is 19.5. The van der Waals surface area contributed by atoms with Gasteiger partial charge in [0.2, 0.25) is 0 Å². The highest BCUT2D eigenvalue weighted by atomic mass is 16.5. The Hall–Kier alpha value is -2.52. The van der Waals surface area contributed by atoms with Crippen molar-refractivity contribution in [3.8, 4) is 0 Å². The molecule has 1 aromatic heterocycles. The van der Waals surface area contributed by atoms with E-state index in [0.29, 0.717) is 36.6 Å². The number of aliphatic imine (C=N–C) groups is 1. The van der Waals surface area contributed by atoms with Crippen molar-refractivity contribution in [2.45, 2.75) is 20.5 Å². The molecular formula is C15H21N3O6. The van der Waals surface area contributed by atoms with Crippen LogP contribution in [0, 0.1) is 0 Å². The molecule has 1 aliphatic rings. The lowest BCUT2D eigenvalue weighted by Gasteiger charge is -2.02. The number of hydrogen-bond acceptors (Lipinski definition) is 8. The number of carbonyl (C=O) groups is 2. The van der Waals surface area contributed by atoms with E-state index >= 15 is 0 Å². The molecule has 0 amide bonds. The van der Waals surface area contributed by atoms with E-state index in [1.54, 1.807) is 13.8 Å². The Labute approximate surface area is 139 Å². The molecule has 1 aromatic rings. The Morgan fingerprint density at radius 2 is 1.83 bits per heavy atom. The maximum absolute atomic E-state index is 11.1. The molecule has 2 heterocycles. The summed E-state index contributed by atoms with van der Waals surface area (Å²) in [6.07, 6.45) is 1.51. The lowest BCUT2D eigenvalue weighted by molar-refractivity contribution is -0.138. The molecule has 0 spiro atoms. The number of hydrogen-bond donors (Lipinski definition) is 3. The third kappa shape index (κ3) is 5.60. The molecule has 0 aliphatic carbocycles. The van der Waals surface area contributed by atoms with Crippen LogP contribution in [0.2, 0.25) is 0 Å². The minimum absolute atomic E-state index is 0.155. The van der Waals surface area contributed by atoms with Crippen LogP contribution >= 0.6 is 0 Å². The van der Waals surface area contributed by atoms with Gasteiger partial charge in [0.05, 0.1) is 44.2 Å². The molecule has 9 nitrogen and oxygen atoms in total. The fourth-order valence-electron chi connectivity index (χ4n) is 1.73. The van der Waals surface area contributed by atoms with Crippen LogP contribution in [0.5, 0.6) is 0 Å². The second-order valence-electron chi connectivity index (χ2n) is 4.51. The number of H-pyrrole nitrogens is 1. The van der Waals surface area contributed by atoms with Crippen molar-refractivity contribution < 1.29 is 29.3 Å². The van der Waals surface area contributed by atoms with E-state index in [4.69, 9.17) is 14.9 Å². The molecule has 0 radical (unpaired) electrons. The highest BCUT2D eigenvalue weighted by molar-refractivity contribution is 5.99. The molecule has 132 valence electrons. The van der Waals surface area contributed by atoms with E-state index in [0.717, 1.165) is 0 Å². The second-order valence-corrected chi connectivity index (χ2v) is 4.51. The van der Waals surface area contributed by atoms with E-state index in [-0.39, 0.29) is 24.9 Å². The Kier molecular flexibility index (Phi) is 8.37. The van der Waals surface area contributed by atoms with Crippen molar-refractivity contribution in [2.24, 2.45) is 4.99 Å². The molecule has 9 heteroatoms. The fourth-order valence-corrected chi connectivity index (χ4v) is 1.73. The minimum Gasteiger partial charge on any atom is -0.463 e. The lowest BCUT2D eigenvalue weighted by Crippen LogP contribution is -2.11. The predicted octanol–water partition coefficient (Wildman–Crippen LogP) is 0.00150. The molecule has 2 rings (SSSR count). The molecule has 0 saturated heterocycles. The van der Waals surface area contributed by atoms with E-state index in [1.165, 1.54) is 12.3 Å². The monoisotopic (exact) mass is 339 g/mol. The average molecular weight is 339 g/mol.